The number of halogens is 3. The number of alkyl halides is 3. The molecular formula is C19H16F3N5OS. The zero-order chi connectivity index (χ0) is 20.2. The van der Waals surface area contributed by atoms with Crippen molar-refractivity contribution in [2.24, 2.45) is 0 Å². The van der Waals surface area contributed by atoms with Gasteiger partial charge in [-0.3, -0.25) is 4.79 Å². The highest BCUT2D eigenvalue weighted by Gasteiger charge is 2.36. The first kappa shape index (κ1) is 18.2. The van der Waals surface area contributed by atoms with E-state index in [0.717, 1.165) is 35.8 Å². The van der Waals surface area contributed by atoms with Gasteiger partial charge in [0.05, 0.1) is 17.1 Å². The maximum absolute atomic E-state index is 13.7. The smallest absolute Gasteiger partial charge is 0.372 e. The van der Waals surface area contributed by atoms with E-state index >= 15 is 0 Å². The lowest BCUT2D eigenvalue weighted by Gasteiger charge is -2.35. The summed E-state index contributed by atoms with van der Waals surface area (Å²) in [7, 11) is 0. The SMILES string of the molecule is O=C(c1cc2nc(-c3cccs3)cc(C(F)(F)F)n2n1)N1CCN2CCC=C2C1. The second-order valence-corrected chi connectivity index (χ2v) is 7.95. The number of carbonyl (C=O) groups is 1. The van der Waals surface area contributed by atoms with E-state index in [-0.39, 0.29) is 22.9 Å². The van der Waals surface area contributed by atoms with E-state index in [4.69, 9.17) is 0 Å². The van der Waals surface area contributed by atoms with Crippen LogP contribution in [0.4, 0.5) is 13.2 Å². The van der Waals surface area contributed by atoms with Crippen molar-refractivity contribution in [3.8, 4) is 10.6 Å². The first-order chi connectivity index (χ1) is 13.9. The minimum absolute atomic E-state index is 0.00490. The molecule has 1 saturated heterocycles. The Hall–Kier alpha value is -2.88. The van der Waals surface area contributed by atoms with Crippen LogP contribution in [0.5, 0.6) is 0 Å². The van der Waals surface area contributed by atoms with Gasteiger partial charge in [0.25, 0.3) is 5.91 Å². The number of rotatable bonds is 2. The number of hydrogen-bond acceptors (Lipinski definition) is 5. The number of nitrogens with zero attached hydrogens (tertiary/aromatic N) is 5. The standard InChI is InChI=1S/C19H16F3N5OS/c20-19(21,22)16-9-13(15-4-2-8-29-15)23-17-10-14(24-27(16)17)18(28)26-7-6-25-5-1-3-12(25)11-26/h2-4,8-10H,1,5-7,11H2. The van der Waals surface area contributed by atoms with Gasteiger partial charge in [0, 0.05) is 31.4 Å². The van der Waals surface area contributed by atoms with E-state index in [1.807, 2.05) is 0 Å². The Balaban J connectivity index is 1.55. The second kappa shape index (κ2) is 6.58. The van der Waals surface area contributed by atoms with E-state index < -0.39 is 11.9 Å². The molecule has 0 atom stereocenters. The van der Waals surface area contributed by atoms with Crippen LogP contribution in [0.15, 0.2) is 41.4 Å². The fourth-order valence-corrected chi connectivity index (χ4v) is 4.45. The van der Waals surface area contributed by atoms with Gasteiger partial charge in [-0.25, -0.2) is 9.50 Å². The Labute approximate surface area is 167 Å². The minimum Gasteiger partial charge on any atom is -0.372 e. The van der Waals surface area contributed by atoms with Gasteiger partial charge in [-0.15, -0.1) is 11.3 Å². The molecule has 0 spiro atoms. The summed E-state index contributed by atoms with van der Waals surface area (Å²) in [6, 6.07) is 5.77. The fraction of sp³-hybridized carbons (Fsp3) is 0.316. The summed E-state index contributed by atoms with van der Waals surface area (Å²) in [6.07, 6.45) is -1.57. The van der Waals surface area contributed by atoms with Crippen LogP contribution in [0.1, 0.15) is 22.6 Å². The third kappa shape index (κ3) is 3.17. The van der Waals surface area contributed by atoms with Crippen LogP contribution in [0.2, 0.25) is 0 Å². The predicted molar refractivity (Wildman–Crippen MR) is 101 cm³/mol. The lowest BCUT2D eigenvalue weighted by Crippen LogP contribution is -2.46. The lowest BCUT2D eigenvalue weighted by atomic mass is 10.2. The van der Waals surface area contributed by atoms with Gasteiger partial charge >= 0.3 is 6.18 Å². The van der Waals surface area contributed by atoms with Crippen molar-refractivity contribution in [2.75, 3.05) is 26.2 Å². The van der Waals surface area contributed by atoms with Crippen LogP contribution in [-0.2, 0) is 6.18 Å². The highest BCUT2D eigenvalue weighted by Crippen LogP contribution is 2.33. The van der Waals surface area contributed by atoms with Crippen molar-refractivity contribution in [3.05, 3.63) is 52.8 Å². The van der Waals surface area contributed by atoms with Crippen molar-refractivity contribution in [3.63, 3.8) is 0 Å². The number of thiophene rings is 1. The maximum Gasteiger partial charge on any atom is 0.433 e. The van der Waals surface area contributed by atoms with Gasteiger partial charge in [-0.1, -0.05) is 12.1 Å². The number of piperazine rings is 1. The lowest BCUT2D eigenvalue weighted by molar-refractivity contribution is -0.142. The molecule has 1 fully saturated rings. The molecule has 0 unspecified atom stereocenters. The molecule has 0 bridgehead atoms. The third-order valence-electron chi connectivity index (χ3n) is 5.18. The molecule has 3 aromatic heterocycles. The van der Waals surface area contributed by atoms with E-state index in [1.165, 1.54) is 17.4 Å². The Kier molecular flexibility index (Phi) is 4.12. The molecule has 0 aromatic carbocycles. The minimum atomic E-state index is -4.63. The summed E-state index contributed by atoms with van der Waals surface area (Å²) in [5, 5.41) is 5.75. The molecule has 1 amide bonds. The number of aromatic nitrogens is 3. The summed E-state index contributed by atoms with van der Waals surface area (Å²) >= 11 is 1.30. The largest absolute Gasteiger partial charge is 0.433 e. The molecule has 29 heavy (non-hydrogen) atoms. The number of fused-ring (bicyclic) bond motifs is 2. The second-order valence-electron chi connectivity index (χ2n) is 7.00. The van der Waals surface area contributed by atoms with E-state index in [2.05, 4.69) is 21.1 Å². The van der Waals surface area contributed by atoms with Gasteiger partial charge in [-0.05, 0) is 23.9 Å². The molecule has 10 heteroatoms. The van der Waals surface area contributed by atoms with Crippen LogP contribution < -0.4 is 0 Å². The van der Waals surface area contributed by atoms with E-state index in [1.54, 1.807) is 22.4 Å². The van der Waals surface area contributed by atoms with Gasteiger partial charge in [0.2, 0.25) is 0 Å². The van der Waals surface area contributed by atoms with Crippen LogP contribution in [-0.4, -0.2) is 56.5 Å². The molecule has 0 aliphatic carbocycles. The molecule has 5 rings (SSSR count). The number of hydrogen-bond donors (Lipinski definition) is 0. The van der Waals surface area contributed by atoms with Gasteiger partial charge < -0.3 is 9.80 Å². The van der Waals surface area contributed by atoms with Crippen molar-refractivity contribution >= 4 is 22.9 Å². The van der Waals surface area contributed by atoms with Crippen LogP contribution in [0, 0.1) is 0 Å². The molecule has 0 saturated carbocycles. The van der Waals surface area contributed by atoms with E-state index in [9.17, 15) is 18.0 Å². The van der Waals surface area contributed by atoms with E-state index in [0.29, 0.717) is 18.0 Å². The average Bonchev–Trinajstić information content (AvgIpc) is 3.44. The zero-order valence-electron chi connectivity index (χ0n) is 15.2. The zero-order valence-corrected chi connectivity index (χ0v) is 16.0. The van der Waals surface area contributed by atoms with Crippen molar-refractivity contribution < 1.29 is 18.0 Å². The first-order valence-corrected chi connectivity index (χ1v) is 10.0. The average molecular weight is 419 g/mol. The Morgan fingerprint density at radius 1 is 1.17 bits per heavy atom. The van der Waals surface area contributed by atoms with Crippen molar-refractivity contribution in [1.29, 1.82) is 0 Å². The highest BCUT2D eigenvalue weighted by molar-refractivity contribution is 7.13. The summed E-state index contributed by atoms with van der Waals surface area (Å²) < 4.78 is 41.7. The molecule has 6 nitrogen and oxygen atoms in total. The Morgan fingerprint density at radius 2 is 2.03 bits per heavy atom. The number of carbonyl (C=O) groups excluding carboxylic acids is 1. The van der Waals surface area contributed by atoms with Gasteiger partial charge in [0.1, 0.15) is 0 Å². The summed E-state index contributed by atoms with van der Waals surface area (Å²) in [5.74, 6) is -0.381. The van der Waals surface area contributed by atoms with Crippen LogP contribution >= 0.6 is 11.3 Å². The molecule has 5 heterocycles. The quantitative estimate of drug-likeness (QED) is 0.638. The summed E-state index contributed by atoms with van der Waals surface area (Å²) in [6.45, 7) is 2.65. The Bertz CT molecular complexity index is 1120. The summed E-state index contributed by atoms with van der Waals surface area (Å²) in [4.78, 5) is 21.7. The normalized spacial score (nSPS) is 17.0. The molecule has 150 valence electrons. The monoisotopic (exact) mass is 419 g/mol. The molecule has 2 aliphatic heterocycles. The molecule has 0 N–H and O–H groups in total. The molecular weight excluding hydrogens is 403 g/mol. The number of amides is 1. The van der Waals surface area contributed by atoms with Crippen LogP contribution in [0.25, 0.3) is 16.2 Å². The molecule has 3 aromatic rings. The Morgan fingerprint density at radius 3 is 2.79 bits per heavy atom. The third-order valence-corrected chi connectivity index (χ3v) is 6.07. The van der Waals surface area contributed by atoms with Crippen LogP contribution in [0.3, 0.4) is 0 Å². The predicted octanol–water partition coefficient (Wildman–Crippen LogP) is 3.52. The van der Waals surface area contributed by atoms with Crippen molar-refractivity contribution in [1.82, 2.24) is 24.4 Å². The van der Waals surface area contributed by atoms with Gasteiger partial charge in [-0.2, -0.15) is 18.3 Å². The van der Waals surface area contributed by atoms with Crippen molar-refractivity contribution in [2.45, 2.75) is 12.6 Å². The highest BCUT2D eigenvalue weighted by atomic mass is 32.1. The molecule has 2 aliphatic rings. The van der Waals surface area contributed by atoms with Gasteiger partial charge in [0.15, 0.2) is 17.0 Å². The fourth-order valence-electron chi connectivity index (χ4n) is 3.76. The summed E-state index contributed by atoms with van der Waals surface area (Å²) in [5.41, 5.74) is 0.322. The first-order valence-electron chi connectivity index (χ1n) is 9.15. The molecule has 0 radical (unpaired) electrons. The topological polar surface area (TPSA) is 53.7 Å². The maximum atomic E-state index is 13.7.